The van der Waals surface area contributed by atoms with E-state index in [4.69, 9.17) is 5.26 Å². The molecule has 1 amide bonds. The first-order chi connectivity index (χ1) is 9.87. The van der Waals surface area contributed by atoms with Crippen LogP contribution in [0.5, 0.6) is 0 Å². The molecule has 114 valence electrons. The smallest absolute Gasteiger partial charge is 0.242 e. The molecule has 1 N–H and O–H groups in total. The van der Waals surface area contributed by atoms with Crippen molar-refractivity contribution in [2.75, 3.05) is 11.1 Å². The average Bonchev–Trinajstić information content (AvgIpc) is 2.46. The molecule has 0 aliphatic carbocycles. The van der Waals surface area contributed by atoms with Crippen LogP contribution in [0, 0.1) is 11.3 Å². The summed E-state index contributed by atoms with van der Waals surface area (Å²) in [5, 5.41) is 10.00. The summed E-state index contributed by atoms with van der Waals surface area (Å²) in [6, 6.07) is 7.32. The minimum absolute atomic E-state index is 0.596. The van der Waals surface area contributed by atoms with E-state index in [2.05, 4.69) is 5.32 Å². The fraction of sp³-hybridized carbons (Fsp3) is 0.467. The number of hydrogen-bond donors (Lipinski definition) is 1. The zero-order chi connectivity index (χ0) is 16.0. The highest BCUT2D eigenvalue weighted by Crippen LogP contribution is 2.23. The highest BCUT2D eigenvalue weighted by Gasteiger charge is 2.28. The van der Waals surface area contributed by atoms with Crippen molar-refractivity contribution in [3.63, 3.8) is 0 Å². The Balaban J connectivity index is 3.07. The van der Waals surface area contributed by atoms with Crippen LogP contribution in [0.15, 0.2) is 18.2 Å². The predicted octanol–water partition coefficient (Wildman–Crippen LogP) is 2.08. The van der Waals surface area contributed by atoms with Gasteiger partial charge in [-0.3, -0.25) is 4.79 Å². The Kier molecular flexibility index (Phi) is 5.91. The van der Waals surface area contributed by atoms with Gasteiger partial charge < -0.3 is 5.32 Å². The molecule has 1 unspecified atom stereocenters. The number of hydrogen-bond acceptors (Lipinski definition) is 4. The Morgan fingerprint density at radius 1 is 1.29 bits per heavy atom. The van der Waals surface area contributed by atoms with Gasteiger partial charge in [-0.05, 0) is 30.9 Å². The van der Waals surface area contributed by atoms with Crippen LogP contribution >= 0.6 is 0 Å². The van der Waals surface area contributed by atoms with E-state index >= 15 is 0 Å². The molecule has 0 aliphatic heterocycles. The maximum Gasteiger partial charge on any atom is 0.242 e. The molecule has 21 heavy (non-hydrogen) atoms. The zero-order valence-corrected chi connectivity index (χ0v) is 13.3. The molecule has 6 heteroatoms. The van der Waals surface area contributed by atoms with Gasteiger partial charge in [-0.1, -0.05) is 32.0 Å². The fourth-order valence-corrected chi connectivity index (χ4v) is 2.82. The van der Waals surface area contributed by atoms with Gasteiger partial charge in [-0.25, -0.2) is 8.42 Å². The summed E-state index contributed by atoms with van der Waals surface area (Å²) in [7, 11) is -3.74. The lowest BCUT2D eigenvalue weighted by atomic mass is 10.0. The lowest BCUT2D eigenvalue weighted by Crippen LogP contribution is -2.34. The standard InChI is InChI=1S/C15H20N2O3S/c1-4-12-7-6-8-13(5-2)14(12)17-15(18)11(3)21(19,20)10-9-16/h6-8,11H,4-5,10H2,1-3H3,(H,17,18). The monoisotopic (exact) mass is 308 g/mol. The number of rotatable bonds is 6. The van der Waals surface area contributed by atoms with Crippen molar-refractivity contribution in [3.8, 4) is 6.07 Å². The SMILES string of the molecule is CCc1cccc(CC)c1NC(=O)C(C)S(=O)(=O)CC#N. The van der Waals surface area contributed by atoms with Crippen LogP contribution in [0.2, 0.25) is 0 Å². The molecule has 0 aliphatic rings. The third-order valence-electron chi connectivity index (χ3n) is 3.42. The lowest BCUT2D eigenvalue weighted by molar-refractivity contribution is -0.115. The van der Waals surface area contributed by atoms with Gasteiger partial charge in [0.1, 0.15) is 11.0 Å². The van der Waals surface area contributed by atoms with Crippen molar-refractivity contribution in [1.82, 2.24) is 0 Å². The Bertz CT molecular complexity index is 638. The molecule has 1 aromatic carbocycles. The zero-order valence-electron chi connectivity index (χ0n) is 12.5. The fourth-order valence-electron chi connectivity index (χ4n) is 2.01. The molecule has 5 nitrogen and oxygen atoms in total. The molecular formula is C15H20N2O3S. The van der Waals surface area contributed by atoms with Gasteiger partial charge >= 0.3 is 0 Å². The third-order valence-corrected chi connectivity index (χ3v) is 5.24. The lowest BCUT2D eigenvalue weighted by Gasteiger charge is -2.17. The second-order valence-corrected chi connectivity index (χ2v) is 7.08. The first kappa shape index (κ1) is 17.2. The van der Waals surface area contributed by atoms with Gasteiger partial charge in [-0.15, -0.1) is 0 Å². The maximum absolute atomic E-state index is 12.2. The largest absolute Gasteiger partial charge is 0.324 e. The summed E-state index contributed by atoms with van der Waals surface area (Å²) < 4.78 is 23.6. The summed E-state index contributed by atoms with van der Waals surface area (Å²) in [5.41, 5.74) is 2.62. The normalized spacial score (nSPS) is 12.5. The second-order valence-electron chi connectivity index (χ2n) is 4.76. The number of nitrogens with zero attached hydrogens (tertiary/aromatic N) is 1. The third kappa shape index (κ3) is 4.05. The van der Waals surface area contributed by atoms with Gasteiger partial charge in [0.25, 0.3) is 0 Å². The Hall–Kier alpha value is -1.87. The van der Waals surface area contributed by atoms with Crippen molar-refractivity contribution < 1.29 is 13.2 Å². The van der Waals surface area contributed by atoms with Gasteiger partial charge in [0.15, 0.2) is 9.84 Å². The van der Waals surface area contributed by atoms with Crippen molar-refractivity contribution in [3.05, 3.63) is 29.3 Å². The molecule has 0 bridgehead atoms. The molecule has 0 saturated carbocycles. The quantitative estimate of drug-likeness (QED) is 0.871. The van der Waals surface area contributed by atoms with Crippen molar-refractivity contribution in [2.45, 2.75) is 38.9 Å². The van der Waals surface area contributed by atoms with Gasteiger partial charge in [0, 0.05) is 5.69 Å². The van der Waals surface area contributed by atoms with Crippen LogP contribution in [0.1, 0.15) is 31.9 Å². The second kappa shape index (κ2) is 7.23. The molecule has 1 aromatic rings. The topological polar surface area (TPSA) is 87.0 Å². The number of para-hydroxylation sites is 1. The number of carbonyl (C=O) groups is 1. The molecule has 0 spiro atoms. The van der Waals surface area contributed by atoms with E-state index in [9.17, 15) is 13.2 Å². The first-order valence-electron chi connectivity index (χ1n) is 6.87. The van der Waals surface area contributed by atoms with Crippen LogP contribution in [-0.2, 0) is 27.5 Å². The van der Waals surface area contributed by atoms with Crippen LogP contribution in [0.3, 0.4) is 0 Å². The molecular weight excluding hydrogens is 288 g/mol. The summed E-state index contributed by atoms with van der Waals surface area (Å²) in [6.45, 7) is 5.25. The summed E-state index contributed by atoms with van der Waals surface area (Å²) in [4.78, 5) is 12.2. The highest BCUT2D eigenvalue weighted by atomic mass is 32.2. The molecule has 1 rings (SSSR count). The number of anilines is 1. The van der Waals surface area contributed by atoms with Gasteiger partial charge in [0.2, 0.25) is 5.91 Å². The highest BCUT2D eigenvalue weighted by molar-refractivity contribution is 7.92. The Morgan fingerprint density at radius 3 is 2.24 bits per heavy atom. The summed E-state index contributed by atoms with van der Waals surface area (Å²) >= 11 is 0. The molecule has 0 fully saturated rings. The first-order valence-corrected chi connectivity index (χ1v) is 8.59. The number of nitrogens with one attached hydrogen (secondary N) is 1. The van der Waals surface area contributed by atoms with Crippen molar-refractivity contribution >= 4 is 21.4 Å². The number of aryl methyl sites for hydroxylation is 2. The number of sulfone groups is 1. The predicted molar refractivity (Wildman–Crippen MR) is 82.7 cm³/mol. The molecule has 0 heterocycles. The number of carbonyl (C=O) groups excluding carboxylic acids is 1. The van der Waals surface area contributed by atoms with Gasteiger partial charge in [0.05, 0.1) is 6.07 Å². The Morgan fingerprint density at radius 2 is 1.81 bits per heavy atom. The van der Waals surface area contributed by atoms with Crippen LogP contribution in [0.4, 0.5) is 5.69 Å². The molecule has 0 saturated heterocycles. The van der Waals surface area contributed by atoms with Crippen LogP contribution < -0.4 is 5.32 Å². The van der Waals surface area contributed by atoms with Crippen molar-refractivity contribution in [2.24, 2.45) is 0 Å². The Labute approximate surface area is 125 Å². The number of nitriles is 1. The van der Waals surface area contributed by atoms with E-state index in [1.54, 1.807) is 6.07 Å². The molecule has 0 aromatic heterocycles. The maximum atomic E-state index is 12.2. The van der Waals surface area contributed by atoms with Crippen LogP contribution in [-0.4, -0.2) is 25.3 Å². The summed E-state index contributed by atoms with van der Waals surface area (Å²) in [5.74, 6) is -1.25. The van der Waals surface area contributed by atoms with E-state index in [0.717, 1.165) is 24.0 Å². The average molecular weight is 308 g/mol. The molecule has 0 radical (unpaired) electrons. The number of amides is 1. The van der Waals surface area contributed by atoms with E-state index in [0.29, 0.717) is 5.69 Å². The molecule has 1 atom stereocenters. The minimum Gasteiger partial charge on any atom is -0.324 e. The van der Waals surface area contributed by atoms with Crippen molar-refractivity contribution in [1.29, 1.82) is 5.26 Å². The van der Waals surface area contributed by atoms with Crippen LogP contribution in [0.25, 0.3) is 0 Å². The van der Waals surface area contributed by atoms with E-state index in [1.807, 2.05) is 32.0 Å². The summed E-state index contributed by atoms with van der Waals surface area (Å²) in [6.07, 6.45) is 1.48. The minimum atomic E-state index is -3.74. The van der Waals surface area contributed by atoms with E-state index in [1.165, 1.54) is 6.92 Å². The van der Waals surface area contributed by atoms with Gasteiger partial charge in [-0.2, -0.15) is 5.26 Å². The number of benzene rings is 1. The van der Waals surface area contributed by atoms with E-state index in [-0.39, 0.29) is 0 Å². The van der Waals surface area contributed by atoms with E-state index < -0.39 is 26.7 Å².